The van der Waals surface area contributed by atoms with Crippen LogP contribution in [0, 0.1) is 6.92 Å². The molecule has 2 unspecified atom stereocenters. The average Bonchev–Trinajstić information content (AvgIpc) is 2.84. The Kier molecular flexibility index (Phi) is 1.44. The van der Waals surface area contributed by atoms with Gasteiger partial charge in [0.15, 0.2) is 0 Å². The number of fused-ring (bicyclic) bond motifs is 2. The van der Waals surface area contributed by atoms with E-state index in [9.17, 15) is 4.79 Å². The van der Waals surface area contributed by atoms with E-state index >= 15 is 0 Å². The molecule has 0 radical (unpaired) electrons. The summed E-state index contributed by atoms with van der Waals surface area (Å²) in [7, 11) is 1.83. The van der Waals surface area contributed by atoms with E-state index in [2.05, 4.69) is 6.07 Å². The third-order valence-electron chi connectivity index (χ3n) is 3.70. The molecule has 2 N–H and O–H groups in total. The number of benzene rings is 1. The van der Waals surface area contributed by atoms with Crippen LogP contribution in [0.4, 0.5) is 5.69 Å². The molecule has 3 rings (SSSR count). The molecule has 1 saturated carbocycles. The number of anilines is 1. The van der Waals surface area contributed by atoms with Crippen LogP contribution in [0.2, 0.25) is 0 Å². The summed E-state index contributed by atoms with van der Waals surface area (Å²) in [5, 5.41) is 0. The van der Waals surface area contributed by atoms with Gasteiger partial charge in [0.25, 0.3) is 0 Å². The fraction of sp³-hybridized carbons (Fsp3) is 0.417. The quantitative estimate of drug-likeness (QED) is 0.680. The lowest BCUT2D eigenvalue weighted by Gasteiger charge is -2.09. The van der Waals surface area contributed by atoms with Crippen LogP contribution in [0.1, 0.15) is 17.5 Å². The van der Waals surface area contributed by atoms with Crippen molar-refractivity contribution in [1.82, 2.24) is 0 Å². The van der Waals surface area contributed by atoms with Crippen molar-refractivity contribution in [1.29, 1.82) is 0 Å². The number of hydrogen-bond donors (Lipinski definition) is 1. The number of amides is 1. The highest BCUT2D eigenvalue weighted by atomic mass is 16.2. The standard InChI is InChI=1S/C12H14N2O/c1-7-3-4-9-8(5-7)12(6-10(12)13)11(15)14(9)2/h3-5,10H,6,13H2,1-2H3. The van der Waals surface area contributed by atoms with E-state index in [4.69, 9.17) is 5.73 Å². The Morgan fingerprint density at radius 2 is 2.20 bits per heavy atom. The number of aryl methyl sites for hydroxylation is 1. The van der Waals surface area contributed by atoms with E-state index in [0.29, 0.717) is 0 Å². The zero-order valence-electron chi connectivity index (χ0n) is 8.95. The van der Waals surface area contributed by atoms with Gasteiger partial charge in [-0.25, -0.2) is 0 Å². The molecule has 1 spiro atoms. The van der Waals surface area contributed by atoms with Crippen LogP contribution in [0.15, 0.2) is 18.2 Å². The minimum absolute atomic E-state index is 0.00972. The van der Waals surface area contributed by atoms with E-state index in [1.165, 1.54) is 5.56 Å². The fourth-order valence-corrected chi connectivity index (χ4v) is 2.67. The van der Waals surface area contributed by atoms with E-state index in [1.54, 1.807) is 4.90 Å². The van der Waals surface area contributed by atoms with E-state index in [-0.39, 0.29) is 17.4 Å². The van der Waals surface area contributed by atoms with Crippen LogP contribution in [0.3, 0.4) is 0 Å². The molecule has 0 aromatic heterocycles. The van der Waals surface area contributed by atoms with Crippen molar-refractivity contribution in [2.75, 3.05) is 11.9 Å². The highest BCUT2D eigenvalue weighted by Gasteiger charge is 2.64. The zero-order chi connectivity index (χ0) is 10.8. The first-order valence-corrected chi connectivity index (χ1v) is 5.22. The SMILES string of the molecule is Cc1ccc2c(c1)C1(CC1N)C(=O)N2C. The summed E-state index contributed by atoms with van der Waals surface area (Å²) in [5.41, 5.74) is 8.90. The number of hydrogen-bond acceptors (Lipinski definition) is 2. The van der Waals surface area contributed by atoms with Crippen molar-refractivity contribution in [2.45, 2.75) is 24.8 Å². The molecular formula is C12H14N2O. The van der Waals surface area contributed by atoms with Crippen LogP contribution in [-0.4, -0.2) is 19.0 Å². The predicted octanol–water partition coefficient (Wildman–Crippen LogP) is 0.940. The number of rotatable bonds is 0. The summed E-state index contributed by atoms with van der Waals surface area (Å²) < 4.78 is 0. The molecule has 15 heavy (non-hydrogen) atoms. The number of nitrogens with zero attached hydrogens (tertiary/aromatic N) is 1. The Morgan fingerprint density at radius 1 is 1.53 bits per heavy atom. The van der Waals surface area contributed by atoms with Crippen LogP contribution >= 0.6 is 0 Å². The smallest absolute Gasteiger partial charge is 0.239 e. The molecule has 1 fully saturated rings. The Balaban J connectivity index is 2.25. The van der Waals surface area contributed by atoms with Crippen LogP contribution in [0.25, 0.3) is 0 Å². The Bertz CT molecular complexity index is 469. The van der Waals surface area contributed by atoms with Crippen LogP contribution in [0.5, 0.6) is 0 Å². The number of likely N-dealkylation sites (N-methyl/N-ethyl adjacent to an activating group) is 1. The van der Waals surface area contributed by atoms with Crippen molar-refractivity contribution < 1.29 is 4.79 Å². The zero-order valence-corrected chi connectivity index (χ0v) is 8.95. The summed E-state index contributed by atoms with van der Waals surface area (Å²) >= 11 is 0. The average molecular weight is 202 g/mol. The topological polar surface area (TPSA) is 46.3 Å². The van der Waals surface area contributed by atoms with Gasteiger partial charge in [0.2, 0.25) is 5.91 Å². The number of nitrogens with two attached hydrogens (primary N) is 1. The van der Waals surface area contributed by atoms with Gasteiger partial charge in [-0.05, 0) is 25.0 Å². The lowest BCUT2D eigenvalue weighted by Crippen LogP contribution is -2.32. The Hall–Kier alpha value is -1.35. The molecule has 1 aromatic carbocycles. The third kappa shape index (κ3) is 0.868. The minimum atomic E-state index is -0.379. The van der Waals surface area contributed by atoms with Crippen LogP contribution < -0.4 is 10.6 Å². The van der Waals surface area contributed by atoms with Crippen LogP contribution in [-0.2, 0) is 10.2 Å². The van der Waals surface area contributed by atoms with Gasteiger partial charge < -0.3 is 10.6 Å². The van der Waals surface area contributed by atoms with Gasteiger partial charge in [-0.2, -0.15) is 0 Å². The molecule has 78 valence electrons. The summed E-state index contributed by atoms with van der Waals surface area (Å²) in [4.78, 5) is 13.9. The molecular weight excluding hydrogens is 188 g/mol. The highest BCUT2D eigenvalue weighted by Crippen LogP contribution is 2.56. The van der Waals surface area contributed by atoms with Gasteiger partial charge in [-0.15, -0.1) is 0 Å². The summed E-state index contributed by atoms with van der Waals surface area (Å²) in [6.07, 6.45) is 0.798. The largest absolute Gasteiger partial charge is 0.326 e. The molecule has 1 aliphatic heterocycles. The fourth-order valence-electron chi connectivity index (χ4n) is 2.67. The molecule has 3 heteroatoms. The normalized spacial score (nSPS) is 32.3. The number of carbonyl (C=O) groups excluding carboxylic acids is 1. The molecule has 1 aliphatic carbocycles. The van der Waals surface area contributed by atoms with Gasteiger partial charge in [0.05, 0.1) is 5.41 Å². The highest BCUT2D eigenvalue weighted by molar-refractivity contribution is 6.10. The van der Waals surface area contributed by atoms with Gasteiger partial charge in [0.1, 0.15) is 0 Å². The van der Waals surface area contributed by atoms with Gasteiger partial charge in [-0.3, -0.25) is 4.79 Å². The van der Waals surface area contributed by atoms with Crippen molar-refractivity contribution in [3.8, 4) is 0 Å². The maximum atomic E-state index is 12.1. The molecule has 3 nitrogen and oxygen atoms in total. The molecule has 0 saturated heterocycles. The molecule has 2 atom stereocenters. The second-order valence-corrected chi connectivity index (χ2v) is 4.67. The van der Waals surface area contributed by atoms with Gasteiger partial charge >= 0.3 is 0 Å². The maximum Gasteiger partial charge on any atom is 0.239 e. The molecule has 1 aromatic rings. The summed E-state index contributed by atoms with van der Waals surface area (Å²) in [5.74, 6) is 0.163. The monoisotopic (exact) mass is 202 g/mol. The third-order valence-corrected chi connectivity index (χ3v) is 3.70. The van der Waals surface area contributed by atoms with Crippen molar-refractivity contribution in [3.05, 3.63) is 29.3 Å². The van der Waals surface area contributed by atoms with Crippen molar-refractivity contribution in [3.63, 3.8) is 0 Å². The molecule has 0 bridgehead atoms. The lowest BCUT2D eigenvalue weighted by atomic mass is 9.95. The van der Waals surface area contributed by atoms with E-state index < -0.39 is 0 Å². The first kappa shape index (κ1) is 8.92. The van der Waals surface area contributed by atoms with Crippen molar-refractivity contribution in [2.24, 2.45) is 5.73 Å². The predicted molar refractivity (Wildman–Crippen MR) is 58.9 cm³/mol. The minimum Gasteiger partial charge on any atom is -0.326 e. The lowest BCUT2D eigenvalue weighted by molar-refractivity contribution is -0.120. The summed E-state index contributed by atoms with van der Waals surface area (Å²) in [6, 6.07) is 6.16. The summed E-state index contributed by atoms with van der Waals surface area (Å²) in [6.45, 7) is 2.05. The number of carbonyl (C=O) groups is 1. The maximum absolute atomic E-state index is 12.1. The first-order valence-electron chi connectivity index (χ1n) is 5.22. The van der Waals surface area contributed by atoms with Gasteiger partial charge in [0, 0.05) is 18.8 Å². The Morgan fingerprint density at radius 3 is 2.80 bits per heavy atom. The molecule has 2 aliphatic rings. The van der Waals surface area contributed by atoms with Crippen molar-refractivity contribution >= 4 is 11.6 Å². The molecule has 1 amide bonds. The molecule has 1 heterocycles. The second-order valence-electron chi connectivity index (χ2n) is 4.67. The van der Waals surface area contributed by atoms with E-state index in [1.807, 2.05) is 26.1 Å². The Labute approximate surface area is 88.9 Å². The van der Waals surface area contributed by atoms with E-state index in [0.717, 1.165) is 17.7 Å². The first-order chi connectivity index (χ1) is 7.07. The second kappa shape index (κ2) is 2.42. The van der Waals surface area contributed by atoms with Gasteiger partial charge in [-0.1, -0.05) is 17.7 Å².